The van der Waals surface area contributed by atoms with Gasteiger partial charge in [-0.25, -0.2) is 4.79 Å². The summed E-state index contributed by atoms with van der Waals surface area (Å²) < 4.78 is 11.9. The van der Waals surface area contributed by atoms with E-state index < -0.39 is 5.60 Å². The zero-order valence-corrected chi connectivity index (χ0v) is 13.6. The zero-order valence-electron chi connectivity index (χ0n) is 12.0. The number of amides is 1. The van der Waals surface area contributed by atoms with Crippen LogP contribution in [0.5, 0.6) is 0 Å². The van der Waals surface area contributed by atoms with Crippen molar-refractivity contribution in [3.05, 3.63) is 22.1 Å². The molecule has 0 radical (unpaired) electrons. The van der Waals surface area contributed by atoms with E-state index in [-0.39, 0.29) is 18.1 Å². The number of rotatable bonds is 1. The second-order valence-corrected chi connectivity index (χ2v) is 7.02. The number of carbonyl (C=O) groups is 1. The van der Waals surface area contributed by atoms with Crippen LogP contribution in [-0.2, 0) is 11.3 Å². The molecule has 1 unspecified atom stereocenters. The molecule has 1 atom stereocenters. The Bertz CT molecular complexity index is 487. The maximum absolute atomic E-state index is 12.3. The quantitative estimate of drug-likeness (QED) is 0.762. The minimum absolute atomic E-state index is 0.0591. The highest BCUT2D eigenvalue weighted by molar-refractivity contribution is 9.10. The van der Waals surface area contributed by atoms with E-state index in [1.54, 1.807) is 4.90 Å². The van der Waals surface area contributed by atoms with E-state index in [9.17, 15) is 4.79 Å². The van der Waals surface area contributed by atoms with Crippen LogP contribution < -0.4 is 0 Å². The predicted octanol–water partition coefficient (Wildman–Crippen LogP) is 4.49. The first-order valence-electron chi connectivity index (χ1n) is 6.47. The Balaban J connectivity index is 2.24. The van der Waals surface area contributed by atoms with Crippen molar-refractivity contribution in [2.75, 3.05) is 0 Å². The molecule has 0 aromatic carbocycles. The summed E-state index contributed by atoms with van der Waals surface area (Å²) in [5.41, 5.74) is 0.569. The number of furan rings is 1. The molecule has 0 saturated carbocycles. The first kappa shape index (κ1) is 14.4. The first-order chi connectivity index (χ1) is 8.69. The SMILES string of the molecule is CC(C)C1c2oc(Br)cc2CN1C(=O)OC(C)(C)C. The van der Waals surface area contributed by atoms with E-state index in [1.807, 2.05) is 26.8 Å². The van der Waals surface area contributed by atoms with E-state index in [0.29, 0.717) is 11.2 Å². The number of halogens is 1. The van der Waals surface area contributed by atoms with E-state index in [4.69, 9.17) is 9.15 Å². The molecular formula is C14H20BrNO3. The van der Waals surface area contributed by atoms with Crippen molar-refractivity contribution >= 4 is 22.0 Å². The number of nitrogens with zero attached hydrogens (tertiary/aromatic N) is 1. The highest BCUT2D eigenvalue weighted by Crippen LogP contribution is 2.42. The van der Waals surface area contributed by atoms with E-state index in [1.165, 1.54) is 0 Å². The molecule has 1 aromatic heterocycles. The Morgan fingerprint density at radius 1 is 1.53 bits per heavy atom. The largest absolute Gasteiger partial charge is 0.452 e. The van der Waals surface area contributed by atoms with Crippen molar-refractivity contribution in [2.45, 2.75) is 52.8 Å². The highest BCUT2D eigenvalue weighted by atomic mass is 79.9. The molecule has 4 nitrogen and oxygen atoms in total. The molecule has 0 aliphatic carbocycles. The molecule has 2 heterocycles. The fourth-order valence-electron chi connectivity index (χ4n) is 2.37. The summed E-state index contributed by atoms with van der Waals surface area (Å²) in [6.45, 7) is 10.3. The molecule has 1 aliphatic rings. The van der Waals surface area contributed by atoms with Gasteiger partial charge in [-0.05, 0) is 48.7 Å². The topological polar surface area (TPSA) is 42.7 Å². The second kappa shape index (κ2) is 4.85. The van der Waals surface area contributed by atoms with Gasteiger partial charge in [-0.3, -0.25) is 4.90 Å². The van der Waals surface area contributed by atoms with Crippen LogP contribution in [0.4, 0.5) is 4.79 Å². The van der Waals surface area contributed by atoms with Crippen LogP contribution in [0, 0.1) is 5.92 Å². The van der Waals surface area contributed by atoms with Gasteiger partial charge in [0, 0.05) is 5.56 Å². The van der Waals surface area contributed by atoms with Crippen LogP contribution in [0.1, 0.15) is 52.0 Å². The van der Waals surface area contributed by atoms with Crippen molar-refractivity contribution in [1.29, 1.82) is 0 Å². The first-order valence-corrected chi connectivity index (χ1v) is 7.26. The third kappa shape index (κ3) is 2.96. The number of fused-ring (bicyclic) bond motifs is 1. The van der Waals surface area contributed by atoms with Gasteiger partial charge < -0.3 is 9.15 Å². The maximum atomic E-state index is 12.3. The van der Waals surface area contributed by atoms with E-state index >= 15 is 0 Å². The van der Waals surface area contributed by atoms with Crippen LogP contribution in [0.25, 0.3) is 0 Å². The fourth-order valence-corrected chi connectivity index (χ4v) is 2.82. The van der Waals surface area contributed by atoms with Crippen LogP contribution in [0.3, 0.4) is 0 Å². The Kier molecular flexibility index (Phi) is 3.69. The standard InChI is InChI=1S/C14H20BrNO3/c1-8(2)11-12-9(6-10(15)18-12)7-16(11)13(17)19-14(3,4)5/h6,8,11H,7H2,1-5H3. The maximum Gasteiger partial charge on any atom is 0.411 e. The van der Waals surface area contributed by atoms with E-state index in [2.05, 4.69) is 29.8 Å². The lowest BCUT2D eigenvalue weighted by Crippen LogP contribution is -2.37. The van der Waals surface area contributed by atoms with Gasteiger partial charge in [-0.15, -0.1) is 0 Å². The normalized spacial score (nSPS) is 18.9. The van der Waals surface area contributed by atoms with Gasteiger partial charge >= 0.3 is 6.09 Å². The Hall–Kier alpha value is -0.970. The summed E-state index contributed by atoms with van der Waals surface area (Å²) in [4.78, 5) is 14.0. The Morgan fingerprint density at radius 3 is 2.68 bits per heavy atom. The molecule has 0 fully saturated rings. The molecular weight excluding hydrogens is 310 g/mol. The van der Waals surface area contributed by atoms with Crippen molar-refractivity contribution in [1.82, 2.24) is 4.90 Å². The lowest BCUT2D eigenvalue weighted by atomic mass is 10.0. The minimum Gasteiger partial charge on any atom is -0.452 e. The van der Waals surface area contributed by atoms with Crippen LogP contribution in [-0.4, -0.2) is 16.6 Å². The second-order valence-electron chi connectivity index (χ2n) is 6.24. The third-order valence-electron chi connectivity index (χ3n) is 3.02. The number of carbonyl (C=O) groups excluding carboxylic acids is 1. The molecule has 19 heavy (non-hydrogen) atoms. The van der Waals surface area contributed by atoms with E-state index in [0.717, 1.165) is 11.3 Å². The molecule has 5 heteroatoms. The summed E-state index contributed by atoms with van der Waals surface area (Å²) in [7, 11) is 0. The monoisotopic (exact) mass is 329 g/mol. The smallest absolute Gasteiger partial charge is 0.411 e. The molecule has 1 aromatic rings. The number of ether oxygens (including phenoxy) is 1. The van der Waals surface area contributed by atoms with Gasteiger partial charge in [0.15, 0.2) is 4.67 Å². The fraction of sp³-hybridized carbons (Fsp3) is 0.643. The van der Waals surface area contributed by atoms with Crippen molar-refractivity contribution in [3.63, 3.8) is 0 Å². The van der Waals surface area contributed by atoms with Crippen LogP contribution in [0.2, 0.25) is 0 Å². The lowest BCUT2D eigenvalue weighted by Gasteiger charge is -2.30. The zero-order chi connectivity index (χ0) is 14.4. The van der Waals surface area contributed by atoms with Crippen molar-refractivity contribution < 1.29 is 13.9 Å². The van der Waals surface area contributed by atoms with Crippen LogP contribution >= 0.6 is 15.9 Å². The van der Waals surface area contributed by atoms with Gasteiger partial charge in [0.25, 0.3) is 0 Å². The summed E-state index contributed by atoms with van der Waals surface area (Å²) in [6, 6.07) is 1.87. The van der Waals surface area contributed by atoms with Gasteiger partial charge in [0.2, 0.25) is 0 Å². The molecule has 0 bridgehead atoms. The molecule has 1 amide bonds. The van der Waals surface area contributed by atoms with Gasteiger partial charge in [0.05, 0.1) is 12.6 Å². The molecule has 2 rings (SSSR count). The summed E-state index contributed by atoms with van der Waals surface area (Å²) in [6.07, 6.45) is -0.284. The third-order valence-corrected chi connectivity index (χ3v) is 3.41. The molecule has 0 spiro atoms. The number of hydrogen-bond acceptors (Lipinski definition) is 3. The molecule has 0 N–H and O–H groups in total. The molecule has 0 saturated heterocycles. The Morgan fingerprint density at radius 2 is 2.16 bits per heavy atom. The van der Waals surface area contributed by atoms with Gasteiger partial charge in [-0.1, -0.05) is 13.8 Å². The highest BCUT2D eigenvalue weighted by Gasteiger charge is 2.40. The Labute approximate surface area is 122 Å². The molecule has 106 valence electrons. The number of hydrogen-bond donors (Lipinski definition) is 0. The van der Waals surface area contributed by atoms with Gasteiger partial charge in [0.1, 0.15) is 11.4 Å². The summed E-state index contributed by atoms with van der Waals surface area (Å²) in [5, 5.41) is 0. The van der Waals surface area contributed by atoms with Gasteiger partial charge in [-0.2, -0.15) is 0 Å². The lowest BCUT2D eigenvalue weighted by molar-refractivity contribution is 0.0106. The molecule has 1 aliphatic heterocycles. The summed E-state index contributed by atoms with van der Waals surface area (Å²) in [5.74, 6) is 1.14. The van der Waals surface area contributed by atoms with Crippen molar-refractivity contribution in [2.24, 2.45) is 5.92 Å². The van der Waals surface area contributed by atoms with Crippen molar-refractivity contribution in [3.8, 4) is 0 Å². The average molecular weight is 330 g/mol. The van der Waals surface area contributed by atoms with Crippen LogP contribution in [0.15, 0.2) is 15.2 Å². The minimum atomic E-state index is -0.483. The predicted molar refractivity (Wildman–Crippen MR) is 75.8 cm³/mol. The summed E-state index contributed by atoms with van der Waals surface area (Å²) >= 11 is 3.34. The average Bonchev–Trinajstić information content (AvgIpc) is 2.69.